The van der Waals surface area contributed by atoms with Gasteiger partial charge in [0.1, 0.15) is 11.5 Å². The highest BCUT2D eigenvalue weighted by Crippen LogP contribution is 2.35. The van der Waals surface area contributed by atoms with Gasteiger partial charge >= 0.3 is 6.18 Å². The number of anilines is 1. The molecule has 9 heteroatoms. The van der Waals surface area contributed by atoms with Gasteiger partial charge in [0.15, 0.2) is 0 Å². The molecule has 0 N–H and O–H groups in total. The second kappa shape index (κ2) is 6.68. The van der Waals surface area contributed by atoms with E-state index in [4.69, 9.17) is 0 Å². The molecule has 1 aliphatic heterocycles. The Bertz CT molecular complexity index is 1110. The van der Waals surface area contributed by atoms with Crippen molar-refractivity contribution >= 4 is 11.7 Å². The van der Waals surface area contributed by atoms with Gasteiger partial charge in [-0.05, 0) is 50.1 Å². The van der Waals surface area contributed by atoms with Gasteiger partial charge in [0, 0.05) is 30.2 Å². The normalized spacial score (nSPS) is 16.8. The summed E-state index contributed by atoms with van der Waals surface area (Å²) < 4.78 is 40.8. The number of fused-ring (bicyclic) bond motifs is 1. The molecule has 0 fully saturated rings. The van der Waals surface area contributed by atoms with Crippen molar-refractivity contribution in [2.24, 2.45) is 0 Å². The fourth-order valence-electron chi connectivity index (χ4n) is 3.57. The van der Waals surface area contributed by atoms with Crippen LogP contribution in [0.25, 0.3) is 11.1 Å². The van der Waals surface area contributed by atoms with E-state index in [0.717, 1.165) is 17.5 Å². The quantitative estimate of drug-likeness (QED) is 0.646. The van der Waals surface area contributed by atoms with Crippen molar-refractivity contribution in [3.63, 3.8) is 0 Å². The number of amides is 1. The van der Waals surface area contributed by atoms with Gasteiger partial charge in [-0.15, -0.1) is 0 Å². The number of nitrogens with zero attached hydrogens (tertiary/aromatic N) is 5. The highest BCUT2D eigenvalue weighted by atomic mass is 19.4. The van der Waals surface area contributed by atoms with E-state index in [1.807, 2.05) is 19.9 Å². The maximum Gasteiger partial charge on any atom is 0.418 e. The van der Waals surface area contributed by atoms with Crippen molar-refractivity contribution in [2.45, 2.75) is 33.0 Å². The van der Waals surface area contributed by atoms with Gasteiger partial charge in [0.2, 0.25) is 0 Å². The van der Waals surface area contributed by atoms with Crippen molar-refractivity contribution in [1.29, 1.82) is 0 Å². The van der Waals surface area contributed by atoms with Gasteiger partial charge in [-0.2, -0.15) is 18.3 Å². The number of rotatable bonds is 2. The second-order valence-corrected chi connectivity index (χ2v) is 7.16. The number of carbonyl (C=O) groups excluding carboxylic acids is 1. The molecule has 150 valence electrons. The molecule has 4 heterocycles. The Labute approximate surface area is 165 Å². The molecule has 0 saturated carbocycles. The van der Waals surface area contributed by atoms with Gasteiger partial charge in [-0.3, -0.25) is 19.4 Å². The summed E-state index contributed by atoms with van der Waals surface area (Å²) in [6, 6.07) is 4.79. The Morgan fingerprint density at radius 1 is 1.14 bits per heavy atom. The minimum Gasteiger partial charge on any atom is -0.289 e. The summed E-state index contributed by atoms with van der Waals surface area (Å²) in [7, 11) is 0. The molecule has 0 saturated heterocycles. The van der Waals surface area contributed by atoms with Crippen LogP contribution in [0.1, 0.15) is 40.3 Å². The van der Waals surface area contributed by atoms with Crippen LogP contribution in [0.4, 0.5) is 19.0 Å². The van der Waals surface area contributed by atoms with Crippen molar-refractivity contribution < 1.29 is 18.0 Å². The first kappa shape index (κ1) is 19.1. The molecule has 3 aromatic heterocycles. The van der Waals surface area contributed by atoms with Crippen LogP contribution in [0.2, 0.25) is 0 Å². The third-order valence-corrected chi connectivity index (χ3v) is 4.99. The van der Waals surface area contributed by atoms with Crippen molar-refractivity contribution in [1.82, 2.24) is 19.7 Å². The Hall–Kier alpha value is -3.23. The van der Waals surface area contributed by atoms with E-state index in [2.05, 4.69) is 15.1 Å². The molecule has 1 amide bonds. The monoisotopic (exact) mass is 401 g/mol. The summed E-state index contributed by atoms with van der Waals surface area (Å²) in [6.07, 6.45) is -0.418. The Morgan fingerprint density at radius 3 is 2.55 bits per heavy atom. The van der Waals surface area contributed by atoms with Gasteiger partial charge in [0.25, 0.3) is 5.91 Å². The smallest absolute Gasteiger partial charge is 0.289 e. The van der Waals surface area contributed by atoms with Crippen LogP contribution in [0.5, 0.6) is 0 Å². The van der Waals surface area contributed by atoms with E-state index in [1.54, 1.807) is 23.1 Å². The molecular formula is C20H18F3N5O. The van der Waals surface area contributed by atoms with Crippen molar-refractivity contribution in [3.05, 3.63) is 59.3 Å². The number of aromatic nitrogens is 4. The van der Waals surface area contributed by atoms with Crippen LogP contribution in [-0.4, -0.2) is 32.2 Å². The summed E-state index contributed by atoms with van der Waals surface area (Å²) in [6.45, 7) is 5.38. The zero-order valence-electron chi connectivity index (χ0n) is 16.0. The van der Waals surface area contributed by atoms with Gasteiger partial charge < -0.3 is 0 Å². The number of alkyl halides is 3. The first-order valence-corrected chi connectivity index (χ1v) is 9.03. The van der Waals surface area contributed by atoms with Crippen molar-refractivity contribution in [3.8, 4) is 11.1 Å². The van der Waals surface area contributed by atoms with Crippen LogP contribution in [0, 0.1) is 13.8 Å². The Morgan fingerprint density at radius 2 is 1.90 bits per heavy atom. The summed E-state index contributed by atoms with van der Waals surface area (Å²) in [5.41, 5.74) is 1.85. The largest absolute Gasteiger partial charge is 0.418 e. The topological polar surface area (TPSA) is 63.9 Å². The van der Waals surface area contributed by atoms with Crippen LogP contribution in [0.3, 0.4) is 0 Å². The van der Waals surface area contributed by atoms with Crippen LogP contribution in [-0.2, 0) is 6.18 Å². The molecule has 1 atom stereocenters. The summed E-state index contributed by atoms with van der Waals surface area (Å²) in [5.74, 6) is -0.159. The van der Waals surface area contributed by atoms with Crippen molar-refractivity contribution in [2.75, 3.05) is 11.4 Å². The number of hydrogen-bond acceptors (Lipinski definition) is 4. The minimum absolute atomic E-state index is 0.0204. The summed E-state index contributed by atoms with van der Waals surface area (Å²) in [4.78, 5) is 22.8. The molecular weight excluding hydrogens is 383 g/mol. The molecule has 4 rings (SSSR count). The molecule has 6 nitrogen and oxygen atoms in total. The molecule has 29 heavy (non-hydrogen) atoms. The maximum absolute atomic E-state index is 13.3. The third-order valence-electron chi connectivity index (χ3n) is 4.99. The lowest BCUT2D eigenvalue weighted by molar-refractivity contribution is -0.138. The number of aryl methyl sites for hydroxylation is 2. The van der Waals surface area contributed by atoms with Crippen LogP contribution >= 0.6 is 0 Å². The van der Waals surface area contributed by atoms with Gasteiger partial charge in [0.05, 0.1) is 17.8 Å². The summed E-state index contributed by atoms with van der Waals surface area (Å²) in [5, 5.41) is 4.37. The first-order chi connectivity index (χ1) is 13.7. The zero-order chi connectivity index (χ0) is 20.9. The lowest BCUT2D eigenvalue weighted by Gasteiger charge is -2.32. The molecule has 0 aliphatic carbocycles. The number of pyridine rings is 2. The van der Waals surface area contributed by atoms with E-state index in [1.165, 1.54) is 17.9 Å². The molecule has 0 spiro atoms. The SMILES string of the molecule is Cc1cc(-c2cnn3c2C(=O)N(c2cc(C)c(C(F)(F)F)cn2)C[C@@H]3C)ccn1. The fourth-order valence-corrected chi connectivity index (χ4v) is 3.57. The second-order valence-electron chi connectivity index (χ2n) is 7.16. The average molecular weight is 401 g/mol. The Balaban J connectivity index is 1.77. The fraction of sp³-hybridized carbons (Fsp3) is 0.300. The van der Waals surface area contributed by atoms with E-state index < -0.39 is 11.7 Å². The van der Waals surface area contributed by atoms with Crippen LogP contribution < -0.4 is 4.90 Å². The lowest BCUT2D eigenvalue weighted by Crippen LogP contribution is -2.43. The van der Waals surface area contributed by atoms with Crippen LogP contribution in [0.15, 0.2) is 36.8 Å². The third kappa shape index (κ3) is 3.26. The minimum atomic E-state index is -4.49. The van der Waals surface area contributed by atoms with E-state index in [0.29, 0.717) is 11.3 Å². The molecule has 0 radical (unpaired) electrons. The predicted molar refractivity (Wildman–Crippen MR) is 101 cm³/mol. The highest BCUT2D eigenvalue weighted by Gasteiger charge is 2.36. The molecule has 0 unspecified atom stereocenters. The zero-order valence-corrected chi connectivity index (χ0v) is 16.0. The van der Waals surface area contributed by atoms with E-state index in [-0.39, 0.29) is 29.9 Å². The van der Waals surface area contributed by atoms with E-state index in [9.17, 15) is 18.0 Å². The molecule has 3 aromatic rings. The number of hydrogen-bond donors (Lipinski definition) is 0. The predicted octanol–water partition coefficient (Wildman–Crippen LogP) is 4.20. The summed E-state index contributed by atoms with van der Waals surface area (Å²) >= 11 is 0. The maximum atomic E-state index is 13.3. The number of carbonyl (C=O) groups is 1. The lowest BCUT2D eigenvalue weighted by atomic mass is 10.0. The molecule has 1 aliphatic rings. The Kier molecular flexibility index (Phi) is 4.40. The van der Waals surface area contributed by atoms with E-state index >= 15 is 0 Å². The highest BCUT2D eigenvalue weighted by molar-refractivity contribution is 6.09. The van der Waals surface area contributed by atoms with Gasteiger partial charge in [-0.1, -0.05) is 0 Å². The van der Waals surface area contributed by atoms with Gasteiger partial charge in [-0.25, -0.2) is 4.98 Å². The first-order valence-electron chi connectivity index (χ1n) is 9.03. The number of halogens is 3. The molecule has 0 aromatic carbocycles. The molecule has 0 bridgehead atoms. The average Bonchev–Trinajstić information content (AvgIpc) is 3.09. The standard InChI is InChI=1S/C20H18F3N5O/c1-11-6-17(25-9-16(11)20(21,22)23)27-10-13(3)28-18(19(27)29)15(8-26-28)14-4-5-24-12(2)7-14/h4-9,13H,10H2,1-3H3/t13-/m0/s1.